The molecule has 2 saturated heterocycles. The number of hydrogen-bond acceptors (Lipinski definition) is 5. The van der Waals surface area contributed by atoms with Gasteiger partial charge in [-0.25, -0.2) is 9.37 Å². The van der Waals surface area contributed by atoms with Gasteiger partial charge in [-0.2, -0.15) is 5.10 Å². The van der Waals surface area contributed by atoms with E-state index in [1.165, 1.54) is 11.6 Å². The summed E-state index contributed by atoms with van der Waals surface area (Å²) >= 11 is 0. The van der Waals surface area contributed by atoms with Gasteiger partial charge in [0.05, 0.1) is 18.4 Å². The van der Waals surface area contributed by atoms with Gasteiger partial charge in [0, 0.05) is 57.5 Å². The van der Waals surface area contributed by atoms with Crippen molar-refractivity contribution in [3.05, 3.63) is 42.1 Å². The first-order chi connectivity index (χ1) is 11.6. The first kappa shape index (κ1) is 15.5. The lowest BCUT2D eigenvalue weighted by molar-refractivity contribution is -0.188. The summed E-state index contributed by atoms with van der Waals surface area (Å²) < 4.78 is 27.3. The third kappa shape index (κ3) is 3.14. The number of pyridine rings is 1. The van der Waals surface area contributed by atoms with E-state index in [0.717, 1.165) is 32.5 Å². The van der Waals surface area contributed by atoms with Crippen molar-refractivity contribution in [1.82, 2.24) is 19.7 Å². The molecular formula is C17H21FN4O2. The smallest absolute Gasteiger partial charge is 0.250 e. The molecule has 0 radical (unpaired) electrons. The van der Waals surface area contributed by atoms with Crippen LogP contribution < -0.4 is 4.74 Å². The standard InChI is InChI=1S/C17H21FN4O2/c1-21-9-13(8-20-21)10-22-11-17(12-22)7-14(4-6-23-17)24-16-15(18)3-2-5-19-16/h2-3,5,8-9,14H,4,6-7,10-12H2,1H3. The van der Waals surface area contributed by atoms with Crippen molar-refractivity contribution in [2.75, 3.05) is 19.7 Å². The van der Waals surface area contributed by atoms with E-state index >= 15 is 0 Å². The van der Waals surface area contributed by atoms with Gasteiger partial charge in [-0.15, -0.1) is 0 Å². The van der Waals surface area contributed by atoms with Crippen LogP contribution in [0.2, 0.25) is 0 Å². The molecule has 4 heterocycles. The number of likely N-dealkylation sites (tertiary alicyclic amines) is 1. The summed E-state index contributed by atoms with van der Waals surface area (Å²) in [7, 11) is 1.92. The van der Waals surface area contributed by atoms with Gasteiger partial charge in [0.15, 0.2) is 5.82 Å². The summed E-state index contributed by atoms with van der Waals surface area (Å²) in [5, 5.41) is 4.20. The normalized spacial score (nSPS) is 23.2. The third-order valence-corrected chi connectivity index (χ3v) is 4.64. The molecule has 0 amide bonds. The Morgan fingerprint density at radius 1 is 1.46 bits per heavy atom. The van der Waals surface area contributed by atoms with Gasteiger partial charge in [-0.3, -0.25) is 9.58 Å². The molecule has 128 valence electrons. The van der Waals surface area contributed by atoms with Crippen molar-refractivity contribution in [2.24, 2.45) is 7.05 Å². The van der Waals surface area contributed by atoms with E-state index in [9.17, 15) is 4.39 Å². The molecule has 0 bridgehead atoms. The van der Waals surface area contributed by atoms with Crippen LogP contribution in [0.1, 0.15) is 18.4 Å². The first-order valence-corrected chi connectivity index (χ1v) is 8.23. The largest absolute Gasteiger partial charge is 0.472 e. The molecule has 0 saturated carbocycles. The van der Waals surface area contributed by atoms with Crippen LogP contribution in [0.4, 0.5) is 4.39 Å². The van der Waals surface area contributed by atoms with Crippen LogP contribution in [0.5, 0.6) is 5.88 Å². The van der Waals surface area contributed by atoms with Crippen molar-refractivity contribution < 1.29 is 13.9 Å². The molecule has 7 heteroatoms. The molecule has 2 fully saturated rings. The Balaban J connectivity index is 1.33. The SMILES string of the molecule is Cn1cc(CN2CC3(CC(Oc4ncccc4F)CCO3)C2)cn1. The molecule has 2 aromatic rings. The van der Waals surface area contributed by atoms with E-state index in [2.05, 4.69) is 15.0 Å². The monoisotopic (exact) mass is 332 g/mol. The Bertz CT molecular complexity index is 714. The van der Waals surface area contributed by atoms with Crippen molar-refractivity contribution in [3.63, 3.8) is 0 Å². The van der Waals surface area contributed by atoms with Crippen LogP contribution in [0.15, 0.2) is 30.7 Å². The summed E-state index contributed by atoms with van der Waals surface area (Å²) in [4.78, 5) is 6.31. The molecule has 2 aliphatic heterocycles. The molecule has 2 aliphatic rings. The molecule has 24 heavy (non-hydrogen) atoms. The summed E-state index contributed by atoms with van der Waals surface area (Å²) in [5.74, 6) is -0.323. The molecule has 6 nitrogen and oxygen atoms in total. The second-order valence-corrected chi connectivity index (χ2v) is 6.72. The van der Waals surface area contributed by atoms with Crippen LogP contribution in [0, 0.1) is 5.82 Å². The van der Waals surface area contributed by atoms with Gasteiger partial charge in [0.25, 0.3) is 5.88 Å². The van der Waals surface area contributed by atoms with E-state index in [0.29, 0.717) is 6.61 Å². The number of aryl methyl sites for hydroxylation is 1. The second kappa shape index (κ2) is 6.14. The fraction of sp³-hybridized carbons (Fsp3) is 0.529. The maximum Gasteiger partial charge on any atom is 0.250 e. The molecule has 0 N–H and O–H groups in total. The summed E-state index contributed by atoms with van der Waals surface area (Å²) in [6, 6.07) is 2.94. The van der Waals surface area contributed by atoms with Crippen molar-refractivity contribution >= 4 is 0 Å². The van der Waals surface area contributed by atoms with Crippen LogP contribution >= 0.6 is 0 Å². The Morgan fingerprint density at radius 3 is 3.08 bits per heavy atom. The molecule has 1 atom stereocenters. The van der Waals surface area contributed by atoms with E-state index in [4.69, 9.17) is 9.47 Å². The van der Waals surface area contributed by atoms with Gasteiger partial charge < -0.3 is 9.47 Å². The van der Waals surface area contributed by atoms with Crippen LogP contribution in [-0.2, 0) is 18.3 Å². The van der Waals surface area contributed by atoms with E-state index < -0.39 is 5.82 Å². The van der Waals surface area contributed by atoms with Crippen LogP contribution in [0.25, 0.3) is 0 Å². The molecule has 4 rings (SSSR count). The maximum absolute atomic E-state index is 13.7. The van der Waals surface area contributed by atoms with Crippen molar-refractivity contribution in [2.45, 2.75) is 31.1 Å². The van der Waals surface area contributed by atoms with Gasteiger partial charge in [0.2, 0.25) is 0 Å². The van der Waals surface area contributed by atoms with Gasteiger partial charge >= 0.3 is 0 Å². The highest BCUT2D eigenvalue weighted by Gasteiger charge is 2.48. The first-order valence-electron chi connectivity index (χ1n) is 8.23. The quantitative estimate of drug-likeness (QED) is 0.854. The van der Waals surface area contributed by atoms with Gasteiger partial charge in [-0.05, 0) is 12.1 Å². The molecule has 2 aromatic heterocycles. The van der Waals surface area contributed by atoms with Gasteiger partial charge in [-0.1, -0.05) is 0 Å². The summed E-state index contributed by atoms with van der Waals surface area (Å²) in [5.41, 5.74) is 1.03. The molecule has 1 unspecified atom stereocenters. The second-order valence-electron chi connectivity index (χ2n) is 6.72. The fourth-order valence-electron chi connectivity index (χ4n) is 3.61. The van der Waals surface area contributed by atoms with E-state index in [1.807, 2.05) is 24.1 Å². The Labute approximate surface area is 140 Å². The number of halogens is 1. The third-order valence-electron chi connectivity index (χ3n) is 4.64. The zero-order valence-corrected chi connectivity index (χ0v) is 13.7. The minimum absolute atomic E-state index is 0.0521. The van der Waals surface area contributed by atoms with E-state index in [1.54, 1.807) is 12.3 Å². The molecule has 1 spiro atoms. The lowest BCUT2D eigenvalue weighted by Crippen LogP contribution is -2.65. The Kier molecular flexibility index (Phi) is 3.97. The van der Waals surface area contributed by atoms with E-state index in [-0.39, 0.29) is 17.6 Å². The molecular weight excluding hydrogens is 311 g/mol. The zero-order chi connectivity index (χ0) is 16.6. The minimum Gasteiger partial charge on any atom is -0.472 e. The highest BCUT2D eigenvalue weighted by atomic mass is 19.1. The lowest BCUT2D eigenvalue weighted by atomic mass is 9.84. The molecule has 0 aliphatic carbocycles. The topological polar surface area (TPSA) is 52.4 Å². The highest BCUT2D eigenvalue weighted by molar-refractivity contribution is 5.14. The fourth-order valence-corrected chi connectivity index (χ4v) is 3.61. The summed E-state index contributed by atoms with van der Waals surface area (Å²) in [6.45, 7) is 3.25. The number of rotatable bonds is 4. The Hall–Kier alpha value is -1.99. The van der Waals surface area contributed by atoms with Crippen LogP contribution in [0.3, 0.4) is 0 Å². The Morgan fingerprint density at radius 2 is 2.33 bits per heavy atom. The lowest BCUT2D eigenvalue weighted by Gasteiger charge is -2.53. The highest BCUT2D eigenvalue weighted by Crippen LogP contribution is 2.36. The maximum atomic E-state index is 13.7. The van der Waals surface area contributed by atoms with Crippen molar-refractivity contribution in [1.29, 1.82) is 0 Å². The average Bonchev–Trinajstić information content (AvgIpc) is 2.94. The van der Waals surface area contributed by atoms with Gasteiger partial charge in [0.1, 0.15) is 6.10 Å². The number of hydrogen-bond donors (Lipinski definition) is 0. The summed E-state index contributed by atoms with van der Waals surface area (Å²) in [6.07, 6.45) is 6.95. The number of ether oxygens (including phenoxy) is 2. The number of nitrogens with zero attached hydrogens (tertiary/aromatic N) is 4. The predicted molar refractivity (Wildman–Crippen MR) is 85.0 cm³/mol. The van der Waals surface area contributed by atoms with Crippen LogP contribution in [-0.4, -0.2) is 51.1 Å². The minimum atomic E-state index is -0.412. The predicted octanol–water partition coefficient (Wildman–Crippen LogP) is 1.77. The zero-order valence-electron chi connectivity index (χ0n) is 13.7. The molecule has 0 aromatic carbocycles. The number of aromatic nitrogens is 3. The van der Waals surface area contributed by atoms with Crippen molar-refractivity contribution in [3.8, 4) is 5.88 Å². The average molecular weight is 332 g/mol.